The highest BCUT2D eigenvalue weighted by Gasteiger charge is 2.10. The van der Waals surface area contributed by atoms with Gasteiger partial charge in [-0.05, 0) is 17.8 Å². The molecular weight excluding hydrogens is 148 g/mol. The Morgan fingerprint density at radius 1 is 1.33 bits per heavy atom. The van der Waals surface area contributed by atoms with Crippen molar-refractivity contribution in [2.45, 2.75) is 53.4 Å². The van der Waals surface area contributed by atoms with Crippen LogP contribution in [0, 0.1) is 11.3 Å². The van der Waals surface area contributed by atoms with Gasteiger partial charge < -0.3 is 4.79 Å². The molecule has 0 amide bonds. The molecule has 1 atom stereocenters. The highest BCUT2D eigenvalue weighted by atomic mass is 16.1. The molecule has 1 nitrogen and oxygen atoms in total. The van der Waals surface area contributed by atoms with Crippen LogP contribution in [0.25, 0.3) is 0 Å². The molecule has 0 aromatic rings. The first-order valence-electron chi connectivity index (χ1n) is 4.89. The summed E-state index contributed by atoms with van der Waals surface area (Å²) in [4.78, 5) is 10.2. The van der Waals surface area contributed by atoms with E-state index in [2.05, 4.69) is 27.7 Å². The first-order valence-corrected chi connectivity index (χ1v) is 4.89. The lowest BCUT2D eigenvalue weighted by Crippen LogP contribution is -2.05. The SMILES string of the molecule is CC(CC=O)CCCC(C)(C)C. The van der Waals surface area contributed by atoms with Crippen LogP contribution in [0.4, 0.5) is 0 Å². The van der Waals surface area contributed by atoms with Crippen molar-refractivity contribution in [2.75, 3.05) is 0 Å². The lowest BCUT2D eigenvalue weighted by Gasteiger charge is -2.18. The maximum Gasteiger partial charge on any atom is 0.120 e. The van der Waals surface area contributed by atoms with Gasteiger partial charge in [0.2, 0.25) is 0 Å². The monoisotopic (exact) mass is 170 g/mol. The minimum absolute atomic E-state index is 0.445. The molecule has 0 rings (SSSR count). The third kappa shape index (κ3) is 7.77. The zero-order valence-corrected chi connectivity index (χ0v) is 8.89. The topological polar surface area (TPSA) is 17.1 Å². The number of aldehydes is 1. The van der Waals surface area contributed by atoms with Crippen LogP contribution >= 0.6 is 0 Å². The van der Waals surface area contributed by atoms with E-state index >= 15 is 0 Å². The molecule has 0 aliphatic rings. The second-order valence-electron chi connectivity index (χ2n) is 4.96. The average Bonchev–Trinajstić information content (AvgIpc) is 1.84. The number of hydrogen-bond acceptors (Lipinski definition) is 1. The summed E-state index contributed by atoms with van der Waals surface area (Å²) in [5.74, 6) is 0.574. The zero-order chi connectivity index (χ0) is 9.61. The van der Waals surface area contributed by atoms with E-state index in [1.807, 2.05) is 0 Å². The molecule has 0 fully saturated rings. The van der Waals surface area contributed by atoms with Crippen molar-refractivity contribution in [1.29, 1.82) is 0 Å². The lowest BCUT2D eigenvalue weighted by atomic mass is 9.88. The summed E-state index contributed by atoms with van der Waals surface area (Å²) in [7, 11) is 0. The average molecular weight is 170 g/mol. The van der Waals surface area contributed by atoms with Gasteiger partial charge in [0.05, 0.1) is 0 Å². The number of hydrogen-bond donors (Lipinski definition) is 0. The fourth-order valence-corrected chi connectivity index (χ4v) is 1.26. The third-order valence-electron chi connectivity index (χ3n) is 2.12. The second-order valence-corrected chi connectivity index (χ2v) is 4.96. The summed E-state index contributed by atoms with van der Waals surface area (Å²) < 4.78 is 0. The molecule has 1 heteroatoms. The van der Waals surface area contributed by atoms with Crippen LogP contribution in [0.1, 0.15) is 53.4 Å². The van der Waals surface area contributed by atoms with Crippen molar-refractivity contribution in [1.82, 2.24) is 0 Å². The van der Waals surface area contributed by atoms with Crippen molar-refractivity contribution < 1.29 is 4.79 Å². The van der Waals surface area contributed by atoms with Crippen LogP contribution in [0.5, 0.6) is 0 Å². The van der Waals surface area contributed by atoms with Gasteiger partial charge in [0.15, 0.2) is 0 Å². The first-order chi connectivity index (χ1) is 5.45. The Kier molecular flexibility index (Phi) is 5.19. The third-order valence-corrected chi connectivity index (χ3v) is 2.12. The van der Waals surface area contributed by atoms with E-state index in [0.29, 0.717) is 11.3 Å². The van der Waals surface area contributed by atoms with Crippen molar-refractivity contribution >= 4 is 6.29 Å². The molecule has 0 aromatic heterocycles. The zero-order valence-electron chi connectivity index (χ0n) is 8.89. The van der Waals surface area contributed by atoms with Crippen LogP contribution in [-0.2, 0) is 4.79 Å². The molecule has 0 saturated heterocycles. The summed E-state index contributed by atoms with van der Waals surface area (Å²) in [6.07, 6.45) is 5.45. The molecule has 0 saturated carbocycles. The van der Waals surface area contributed by atoms with E-state index in [4.69, 9.17) is 0 Å². The maximum absolute atomic E-state index is 10.2. The van der Waals surface area contributed by atoms with Crippen molar-refractivity contribution in [2.24, 2.45) is 11.3 Å². The summed E-state index contributed by atoms with van der Waals surface area (Å²) >= 11 is 0. The van der Waals surface area contributed by atoms with Gasteiger partial charge >= 0.3 is 0 Å². The van der Waals surface area contributed by atoms with Crippen molar-refractivity contribution in [3.8, 4) is 0 Å². The van der Waals surface area contributed by atoms with Gasteiger partial charge in [-0.15, -0.1) is 0 Å². The normalized spacial score (nSPS) is 14.3. The van der Waals surface area contributed by atoms with Crippen LogP contribution in [0.2, 0.25) is 0 Å². The molecule has 12 heavy (non-hydrogen) atoms. The highest BCUT2D eigenvalue weighted by molar-refractivity contribution is 5.49. The summed E-state index contributed by atoms with van der Waals surface area (Å²) in [5, 5.41) is 0. The van der Waals surface area contributed by atoms with E-state index in [9.17, 15) is 4.79 Å². The molecule has 72 valence electrons. The minimum Gasteiger partial charge on any atom is -0.303 e. The van der Waals surface area contributed by atoms with E-state index in [1.165, 1.54) is 19.3 Å². The Morgan fingerprint density at radius 3 is 2.33 bits per heavy atom. The largest absolute Gasteiger partial charge is 0.303 e. The predicted octanol–water partition coefficient (Wildman–Crippen LogP) is 3.43. The second kappa shape index (κ2) is 5.34. The molecule has 0 aliphatic heterocycles. The van der Waals surface area contributed by atoms with E-state index in [0.717, 1.165) is 12.7 Å². The van der Waals surface area contributed by atoms with Gasteiger partial charge in [0.1, 0.15) is 6.29 Å². The highest BCUT2D eigenvalue weighted by Crippen LogP contribution is 2.23. The summed E-state index contributed by atoms with van der Waals surface area (Å²) in [5.41, 5.74) is 0.445. The standard InChI is InChI=1S/C11H22O/c1-10(7-9-12)6-5-8-11(2,3)4/h9-10H,5-8H2,1-4H3. The summed E-state index contributed by atoms with van der Waals surface area (Å²) in [6, 6.07) is 0. The van der Waals surface area contributed by atoms with Gasteiger partial charge in [-0.3, -0.25) is 0 Å². The summed E-state index contributed by atoms with van der Waals surface area (Å²) in [6.45, 7) is 8.93. The molecule has 0 N–H and O–H groups in total. The minimum atomic E-state index is 0.445. The molecule has 0 aliphatic carbocycles. The molecule has 0 bridgehead atoms. The Bertz CT molecular complexity index is 121. The fraction of sp³-hybridized carbons (Fsp3) is 0.909. The maximum atomic E-state index is 10.2. The van der Waals surface area contributed by atoms with Gasteiger partial charge in [0, 0.05) is 6.42 Å². The van der Waals surface area contributed by atoms with Gasteiger partial charge in [0.25, 0.3) is 0 Å². The lowest BCUT2D eigenvalue weighted by molar-refractivity contribution is -0.108. The van der Waals surface area contributed by atoms with Crippen molar-refractivity contribution in [3.63, 3.8) is 0 Å². The van der Waals surface area contributed by atoms with E-state index in [-0.39, 0.29) is 0 Å². The Hall–Kier alpha value is -0.330. The van der Waals surface area contributed by atoms with Crippen LogP contribution in [0.15, 0.2) is 0 Å². The molecule has 1 unspecified atom stereocenters. The Balaban J connectivity index is 3.36. The molecule has 0 heterocycles. The molecule has 0 radical (unpaired) electrons. The van der Waals surface area contributed by atoms with Gasteiger partial charge in [-0.1, -0.05) is 40.5 Å². The smallest absolute Gasteiger partial charge is 0.120 e. The Morgan fingerprint density at radius 2 is 1.92 bits per heavy atom. The quantitative estimate of drug-likeness (QED) is 0.578. The van der Waals surface area contributed by atoms with E-state index in [1.54, 1.807) is 0 Å². The first kappa shape index (κ1) is 11.7. The predicted molar refractivity (Wildman–Crippen MR) is 53.2 cm³/mol. The van der Waals surface area contributed by atoms with Crippen LogP contribution in [0.3, 0.4) is 0 Å². The van der Waals surface area contributed by atoms with Crippen molar-refractivity contribution in [3.05, 3.63) is 0 Å². The van der Waals surface area contributed by atoms with Gasteiger partial charge in [-0.2, -0.15) is 0 Å². The number of carbonyl (C=O) groups is 1. The molecular formula is C11H22O. The molecule has 0 aromatic carbocycles. The number of carbonyl (C=O) groups excluding carboxylic acids is 1. The Labute approximate surface area is 76.6 Å². The van der Waals surface area contributed by atoms with Crippen LogP contribution in [-0.4, -0.2) is 6.29 Å². The van der Waals surface area contributed by atoms with Crippen LogP contribution < -0.4 is 0 Å². The number of rotatable bonds is 5. The molecule has 0 spiro atoms. The fourth-order valence-electron chi connectivity index (χ4n) is 1.26. The van der Waals surface area contributed by atoms with Gasteiger partial charge in [-0.25, -0.2) is 0 Å². The van der Waals surface area contributed by atoms with E-state index < -0.39 is 0 Å².